The van der Waals surface area contributed by atoms with Gasteiger partial charge in [-0.15, -0.1) is 0 Å². The summed E-state index contributed by atoms with van der Waals surface area (Å²) in [6, 6.07) is 16.6. The minimum Gasteiger partial charge on any atom is -0.468 e. The van der Waals surface area contributed by atoms with Crippen LogP contribution in [0.1, 0.15) is 113 Å². The molecule has 9 heterocycles. The van der Waals surface area contributed by atoms with Gasteiger partial charge in [0.15, 0.2) is 12.6 Å². The molecule has 2 N–H and O–H groups in total. The topological polar surface area (TPSA) is 158 Å². The molecule has 6 saturated heterocycles. The molecule has 7 fully saturated rings. The van der Waals surface area contributed by atoms with E-state index in [9.17, 15) is 14.4 Å². The summed E-state index contributed by atoms with van der Waals surface area (Å²) in [6.45, 7) is 18.8. The van der Waals surface area contributed by atoms with Gasteiger partial charge in [0, 0.05) is 112 Å². The number of ether oxygens (including phenoxy) is 3. The predicted octanol–water partition coefficient (Wildman–Crippen LogP) is 7.87. The average molecular weight is 1060 g/mol. The number of aryl methyl sites for hydroxylation is 1. The number of benzene rings is 3. The summed E-state index contributed by atoms with van der Waals surface area (Å²) in [5.41, 5.74) is 5.18. The first kappa shape index (κ1) is 51.4. The minimum atomic E-state index is -0.602. The first-order valence-electron chi connectivity index (χ1n) is 28.8. The Balaban J connectivity index is 0.665. The highest BCUT2D eigenvalue weighted by molar-refractivity contribution is 6.06. The first-order chi connectivity index (χ1) is 37.6. The number of hydrogen-bond acceptors (Lipinski definition) is 14. The number of amides is 3. The van der Waals surface area contributed by atoms with Crippen molar-refractivity contribution in [3.05, 3.63) is 77.2 Å². The SMILES string of the molecule is CCc1cccc2cc(OCOC)cc(-c3ncc4c(N5CC6CCC(C(C)(C)C)(C5)N6)nc(OCC5(CN6CC(N7CCC8(CCN(c9ccc%10c(c9)CN(C9CCC(=O)NC9=O)C%10=O)CC8)CC7)C6)CC5)nc4c3F)c12. The van der Waals surface area contributed by atoms with Crippen molar-refractivity contribution < 1.29 is 33.0 Å². The second-order valence-electron chi connectivity index (χ2n) is 25.4. The number of imide groups is 1. The molecule has 17 heteroatoms. The fourth-order valence-electron chi connectivity index (χ4n) is 14.5. The third kappa shape index (κ3) is 9.23. The van der Waals surface area contributed by atoms with Crippen LogP contribution in [0.5, 0.6) is 11.8 Å². The van der Waals surface area contributed by atoms with E-state index in [4.69, 9.17) is 29.2 Å². The van der Waals surface area contributed by atoms with Crippen molar-refractivity contribution >= 4 is 50.9 Å². The third-order valence-electron chi connectivity index (χ3n) is 19.7. The lowest BCUT2D eigenvalue weighted by Gasteiger charge is -2.52. The number of carbonyl (C=O) groups excluding carboxylic acids is 3. The molecule has 2 aromatic heterocycles. The standard InChI is InChI=1S/C61H75FN10O6/c1-6-38-8-7-9-39-27-44(78-37-76-5)28-46(50(38)39)52-51(62)53-47(29-63-52)54(71-31-41-14-15-61(35-71,67-41)58(2,3)4)66-57(65-53)77-36-60(16-17-60)34-68-32-43(33-68)70-24-20-59(21-25-70)18-22-69(23-19-59)42-10-11-45-40(26-42)30-72(56(45)75)48-12-13-49(73)64-55(48)74/h7-11,26-29,41,43,48,67H,6,12-25,30-37H2,1-5H3,(H,64,73,74). The largest absolute Gasteiger partial charge is 0.468 e. The quantitative estimate of drug-likeness (QED) is 0.0818. The van der Waals surface area contributed by atoms with Gasteiger partial charge in [0.25, 0.3) is 5.91 Å². The Kier molecular flexibility index (Phi) is 13.0. The maximum Gasteiger partial charge on any atom is 0.319 e. The van der Waals surface area contributed by atoms with E-state index in [1.54, 1.807) is 18.2 Å². The Morgan fingerprint density at radius 3 is 2.40 bits per heavy atom. The molecule has 3 unspecified atom stereocenters. The molecule has 3 amide bonds. The van der Waals surface area contributed by atoms with Crippen LogP contribution in [-0.4, -0.2) is 150 Å². The minimum absolute atomic E-state index is 0.00911. The van der Waals surface area contributed by atoms with E-state index in [0.717, 1.165) is 131 Å². The number of halogens is 1. The second-order valence-corrected chi connectivity index (χ2v) is 25.4. The molecule has 3 atom stereocenters. The van der Waals surface area contributed by atoms with Crippen LogP contribution in [0.2, 0.25) is 0 Å². The van der Waals surface area contributed by atoms with E-state index in [1.807, 2.05) is 30.3 Å². The zero-order valence-electron chi connectivity index (χ0n) is 46.1. The number of hydrogen-bond donors (Lipinski definition) is 2. The number of piperidine rings is 3. The summed E-state index contributed by atoms with van der Waals surface area (Å²) in [7, 11) is 1.59. The van der Waals surface area contributed by atoms with Crippen molar-refractivity contribution in [2.45, 2.75) is 129 Å². The highest BCUT2D eigenvalue weighted by Crippen LogP contribution is 2.50. The van der Waals surface area contributed by atoms with Crippen LogP contribution in [0.4, 0.5) is 15.9 Å². The molecule has 1 spiro atoms. The third-order valence-corrected chi connectivity index (χ3v) is 19.7. The second kappa shape index (κ2) is 19.7. The molecule has 5 aromatic rings. The number of nitrogens with one attached hydrogen (secondary N) is 2. The van der Waals surface area contributed by atoms with Crippen LogP contribution in [0.25, 0.3) is 32.9 Å². The van der Waals surface area contributed by atoms with Gasteiger partial charge >= 0.3 is 6.01 Å². The van der Waals surface area contributed by atoms with Crippen LogP contribution in [0, 0.1) is 22.1 Å². The van der Waals surface area contributed by atoms with E-state index in [2.05, 4.69) is 76.1 Å². The Bertz CT molecular complexity index is 3190. The van der Waals surface area contributed by atoms with Gasteiger partial charge in [-0.05, 0) is 140 Å². The lowest BCUT2D eigenvalue weighted by molar-refractivity contribution is -0.136. The number of nitrogens with zero attached hydrogens (tertiary/aromatic N) is 8. The lowest BCUT2D eigenvalue weighted by Crippen LogP contribution is -2.65. The van der Waals surface area contributed by atoms with Crippen molar-refractivity contribution in [3.63, 3.8) is 0 Å². The first-order valence-corrected chi connectivity index (χ1v) is 28.8. The van der Waals surface area contributed by atoms with Crippen molar-refractivity contribution in [3.8, 4) is 23.0 Å². The number of likely N-dealkylation sites (tertiary alicyclic amines) is 2. The van der Waals surface area contributed by atoms with Crippen LogP contribution in [0.15, 0.2) is 54.7 Å². The summed E-state index contributed by atoms with van der Waals surface area (Å²) >= 11 is 0. The summed E-state index contributed by atoms with van der Waals surface area (Å²) in [4.78, 5) is 64.5. The highest BCUT2D eigenvalue weighted by Gasteiger charge is 2.53. The maximum absolute atomic E-state index is 17.7. The number of piperazine rings is 1. The summed E-state index contributed by atoms with van der Waals surface area (Å²) in [6.07, 6.45) is 12.2. The van der Waals surface area contributed by atoms with Gasteiger partial charge in [-0.3, -0.25) is 34.5 Å². The van der Waals surface area contributed by atoms with E-state index >= 15 is 4.39 Å². The number of rotatable bonds is 14. The number of pyridine rings is 1. The molecule has 412 valence electrons. The van der Waals surface area contributed by atoms with Crippen molar-refractivity contribution in [1.29, 1.82) is 0 Å². The van der Waals surface area contributed by atoms with Gasteiger partial charge in [0.05, 0.1) is 12.0 Å². The molecule has 7 aliphatic heterocycles. The van der Waals surface area contributed by atoms with Crippen LogP contribution in [-0.2, 0) is 27.3 Å². The number of aromatic nitrogens is 3. The Morgan fingerprint density at radius 2 is 1.65 bits per heavy atom. The van der Waals surface area contributed by atoms with Gasteiger partial charge in [0.2, 0.25) is 11.8 Å². The molecule has 16 nitrogen and oxygen atoms in total. The van der Waals surface area contributed by atoms with E-state index in [0.29, 0.717) is 65.2 Å². The van der Waals surface area contributed by atoms with Crippen molar-refractivity contribution in [1.82, 2.24) is 40.3 Å². The molecule has 8 aliphatic rings. The van der Waals surface area contributed by atoms with Crippen LogP contribution in [0.3, 0.4) is 0 Å². The smallest absolute Gasteiger partial charge is 0.319 e. The molecule has 3 aromatic carbocycles. The van der Waals surface area contributed by atoms with Gasteiger partial charge in [-0.25, -0.2) is 4.39 Å². The highest BCUT2D eigenvalue weighted by atomic mass is 19.1. The Morgan fingerprint density at radius 1 is 0.859 bits per heavy atom. The molecule has 2 bridgehead atoms. The van der Waals surface area contributed by atoms with Crippen molar-refractivity contribution in [2.75, 3.05) is 89.2 Å². The molecular formula is C61H75FN10O6. The summed E-state index contributed by atoms with van der Waals surface area (Å²) < 4.78 is 35.6. The predicted molar refractivity (Wildman–Crippen MR) is 297 cm³/mol. The number of methoxy groups -OCH3 is 1. The van der Waals surface area contributed by atoms with Crippen LogP contribution >= 0.6 is 0 Å². The number of fused-ring (bicyclic) bond motifs is 5. The molecule has 1 saturated carbocycles. The maximum atomic E-state index is 17.7. The molecule has 13 rings (SSSR count). The van der Waals surface area contributed by atoms with Gasteiger partial charge in [-0.1, -0.05) is 45.9 Å². The van der Waals surface area contributed by atoms with Gasteiger partial charge in [-0.2, -0.15) is 9.97 Å². The van der Waals surface area contributed by atoms with E-state index in [-0.39, 0.29) is 64.5 Å². The number of carbonyl (C=O) groups is 3. The Hall–Kier alpha value is -6.01. The monoisotopic (exact) mass is 1060 g/mol. The molecular weight excluding hydrogens is 988 g/mol. The fourth-order valence-corrected chi connectivity index (χ4v) is 14.5. The van der Waals surface area contributed by atoms with E-state index in [1.165, 1.54) is 12.8 Å². The lowest BCUT2D eigenvalue weighted by atomic mass is 9.71. The average Bonchev–Trinajstić information content (AvgIpc) is 4.09. The van der Waals surface area contributed by atoms with Crippen LogP contribution < -0.4 is 29.9 Å². The fraction of sp³-hybridized carbons (Fsp3) is 0.574. The normalized spacial score (nSPS) is 25.3. The zero-order valence-corrected chi connectivity index (χ0v) is 46.1. The van der Waals surface area contributed by atoms with Gasteiger partial charge < -0.3 is 34.2 Å². The van der Waals surface area contributed by atoms with E-state index < -0.39 is 11.9 Å². The molecule has 78 heavy (non-hydrogen) atoms. The van der Waals surface area contributed by atoms with Crippen molar-refractivity contribution in [2.24, 2.45) is 16.2 Å². The van der Waals surface area contributed by atoms with Gasteiger partial charge in [0.1, 0.15) is 28.8 Å². The summed E-state index contributed by atoms with van der Waals surface area (Å²) in [5.74, 6) is -0.0255. The summed E-state index contributed by atoms with van der Waals surface area (Å²) in [5, 5.41) is 8.85. The number of anilines is 2. The zero-order chi connectivity index (χ0) is 53.7. The molecule has 0 radical (unpaired) electrons. The molecule has 1 aliphatic carbocycles. The Labute approximate surface area is 456 Å².